The summed E-state index contributed by atoms with van der Waals surface area (Å²) in [4.78, 5) is 24.3. The number of nitrogens with zero attached hydrogens (tertiary/aromatic N) is 1. The molecule has 0 unspecified atom stereocenters. The molecule has 2 rings (SSSR count). The van der Waals surface area contributed by atoms with Gasteiger partial charge in [0, 0.05) is 0 Å². The lowest BCUT2D eigenvalue weighted by Crippen LogP contribution is -2.37. The Morgan fingerprint density at radius 2 is 1.83 bits per heavy atom. The lowest BCUT2D eigenvalue weighted by atomic mass is 10.1. The van der Waals surface area contributed by atoms with Gasteiger partial charge in [-0.1, -0.05) is 29.3 Å². The Kier molecular flexibility index (Phi) is 7.26. The molecule has 0 aliphatic carbocycles. The van der Waals surface area contributed by atoms with E-state index in [4.69, 9.17) is 16.3 Å². The first kappa shape index (κ1) is 22.7. The first-order valence-corrected chi connectivity index (χ1v) is 11.1. The Balaban J connectivity index is 2.22. The first-order valence-electron chi connectivity index (χ1n) is 8.84. The number of amides is 1. The second kappa shape index (κ2) is 9.28. The Morgan fingerprint density at radius 1 is 1.14 bits per heavy atom. The van der Waals surface area contributed by atoms with Crippen LogP contribution in [0.1, 0.15) is 28.4 Å². The fourth-order valence-electron chi connectivity index (χ4n) is 2.74. The van der Waals surface area contributed by atoms with Gasteiger partial charge in [-0.05, 0) is 50.6 Å². The molecule has 29 heavy (non-hydrogen) atoms. The number of aryl methyl sites for hydroxylation is 2. The molecule has 7 nitrogen and oxygen atoms in total. The summed E-state index contributed by atoms with van der Waals surface area (Å²) in [6, 6.07) is 9.61. The molecule has 0 radical (unpaired) electrons. The predicted octanol–water partition coefficient (Wildman–Crippen LogP) is 3.54. The highest BCUT2D eigenvalue weighted by atomic mass is 35.5. The van der Waals surface area contributed by atoms with Crippen molar-refractivity contribution in [3.05, 3.63) is 58.1 Å². The van der Waals surface area contributed by atoms with Crippen LogP contribution in [0.2, 0.25) is 5.02 Å². The smallest absolute Gasteiger partial charge is 0.338 e. The number of halogens is 1. The van der Waals surface area contributed by atoms with Crippen molar-refractivity contribution in [2.45, 2.75) is 20.8 Å². The molecule has 0 atom stereocenters. The number of carbonyl (C=O) groups is 2. The Bertz CT molecular complexity index is 1040. The number of esters is 1. The lowest BCUT2D eigenvalue weighted by Gasteiger charge is -2.24. The molecule has 2 aromatic carbocycles. The van der Waals surface area contributed by atoms with Crippen molar-refractivity contribution in [1.82, 2.24) is 0 Å². The highest BCUT2D eigenvalue weighted by Gasteiger charge is 2.23. The van der Waals surface area contributed by atoms with Crippen LogP contribution in [0.5, 0.6) is 0 Å². The van der Waals surface area contributed by atoms with E-state index in [2.05, 4.69) is 5.32 Å². The van der Waals surface area contributed by atoms with Crippen LogP contribution in [-0.2, 0) is 19.6 Å². The molecule has 0 aromatic heterocycles. The number of hydrogen-bond donors (Lipinski definition) is 1. The van der Waals surface area contributed by atoms with Gasteiger partial charge in [-0.3, -0.25) is 9.10 Å². The summed E-state index contributed by atoms with van der Waals surface area (Å²) in [5, 5.41) is 2.72. The third-order valence-corrected chi connectivity index (χ3v) is 5.50. The van der Waals surface area contributed by atoms with E-state index in [0.717, 1.165) is 21.7 Å². The van der Waals surface area contributed by atoms with Crippen LogP contribution in [0.25, 0.3) is 0 Å². The largest absolute Gasteiger partial charge is 0.462 e. The van der Waals surface area contributed by atoms with Gasteiger partial charge in [0.25, 0.3) is 0 Å². The number of sulfonamides is 1. The van der Waals surface area contributed by atoms with Crippen molar-refractivity contribution in [1.29, 1.82) is 0 Å². The monoisotopic (exact) mass is 438 g/mol. The number of nitrogens with one attached hydrogen (secondary N) is 1. The summed E-state index contributed by atoms with van der Waals surface area (Å²) in [6.45, 7) is 5.18. The zero-order valence-corrected chi connectivity index (χ0v) is 18.2. The van der Waals surface area contributed by atoms with Crippen molar-refractivity contribution in [2.75, 3.05) is 29.0 Å². The summed E-state index contributed by atoms with van der Waals surface area (Å²) in [7, 11) is -3.70. The quantitative estimate of drug-likeness (QED) is 0.667. The molecule has 0 aliphatic rings. The van der Waals surface area contributed by atoms with E-state index < -0.39 is 28.4 Å². The lowest BCUT2D eigenvalue weighted by molar-refractivity contribution is -0.114. The summed E-state index contributed by atoms with van der Waals surface area (Å²) in [6.07, 6.45) is 1.04. The van der Waals surface area contributed by atoms with Gasteiger partial charge in [-0.2, -0.15) is 0 Å². The Morgan fingerprint density at radius 3 is 2.38 bits per heavy atom. The molecular weight excluding hydrogens is 416 g/mol. The third kappa shape index (κ3) is 5.95. The second-order valence-electron chi connectivity index (χ2n) is 6.52. The van der Waals surface area contributed by atoms with E-state index >= 15 is 0 Å². The molecule has 0 bridgehead atoms. The average Bonchev–Trinajstić information content (AvgIpc) is 2.61. The topological polar surface area (TPSA) is 92.8 Å². The van der Waals surface area contributed by atoms with Crippen LogP contribution in [-0.4, -0.2) is 39.7 Å². The van der Waals surface area contributed by atoms with Crippen LogP contribution in [0, 0.1) is 13.8 Å². The minimum Gasteiger partial charge on any atom is -0.462 e. The Hall–Kier alpha value is -2.58. The number of carbonyl (C=O) groups excluding carboxylic acids is 2. The van der Waals surface area contributed by atoms with Crippen LogP contribution < -0.4 is 9.62 Å². The summed E-state index contributed by atoms with van der Waals surface area (Å²) < 4.78 is 30.5. The molecule has 0 saturated carbocycles. The number of anilines is 2. The number of ether oxygens (including phenoxy) is 1. The van der Waals surface area contributed by atoms with Gasteiger partial charge in [0.2, 0.25) is 15.9 Å². The number of rotatable bonds is 7. The fourth-order valence-corrected chi connectivity index (χ4v) is 3.89. The SMILES string of the molecule is CCOC(=O)c1ccc(NC(=O)CN(c2ccc(C)cc2C)S(C)(=O)=O)c(Cl)c1. The van der Waals surface area contributed by atoms with E-state index in [1.165, 1.54) is 18.2 Å². The molecule has 0 spiro atoms. The summed E-state index contributed by atoms with van der Waals surface area (Å²) in [5.41, 5.74) is 2.66. The van der Waals surface area contributed by atoms with Crippen LogP contribution in [0.3, 0.4) is 0 Å². The molecule has 156 valence electrons. The second-order valence-corrected chi connectivity index (χ2v) is 8.84. The van der Waals surface area contributed by atoms with Crippen molar-refractivity contribution < 1.29 is 22.7 Å². The van der Waals surface area contributed by atoms with E-state index in [9.17, 15) is 18.0 Å². The normalized spacial score (nSPS) is 11.1. The molecule has 1 N–H and O–H groups in total. The van der Waals surface area contributed by atoms with Gasteiger partial charge in [0.15, 0.2) is 0 Å². The van der Waals surface area contributed by atoms with Gasteiger partial charge in [0.1, 0.15) is 6.54 Å². The van der Waals surface area contributed by atoms with Gasteiger partial charge in [0.05, 0.1) is 34.8 Å². The van der Waals surface area contributed by atoms with Crippen LogP contribution in [0.4, 0.5) is 11.4 Å². The fraction of sp³-hybridized carbons (Fsp3) is 0.300. The number of hydrogen-bond acceptors (Lipinski definition) is 5. The van der Waals surface area contributed by atoms with Crippen molar-refractivity contribution in [3.63, 3.8) is 0 Å². The van der Waals surface area contributed by atoms with Crippen LogP contribution in [0.15, 0.2) is 36.4 Å². The standard InChI is InChI=1S/C20H23ClN2O5S/c1-5-28-20(25)15-7-8-17(16(21)11-15)22-19(24)12-23(29(4,26)27)18-9-6-13(2)10-14(18)3/h6-11H,5,12H2,1-4H3,(H,22,24). The number of benzene rings is 2. The van der Waals surface area contributed by atoms with E-state index in [1.807, 2.05) is 13.0 Å². The van der Waals surface area contributed by atoms with E-state index in [1.54, 1.807) is 26.0 Å². The van der Waals surface area contributed by atoms with Gasteiger partial charge < -0.3 is 10.1 Å². The van der Waals surface area contributed by atoms with Crippen LogP contribution >= 0.6 is 11.6 Å². The summed E-state index contributed by atoms with van der Waals surface area (Å²) in [5.74, 6) is -1.09. The molecule has 0 aliphatic heterocycles. The average molecular weight is 439 g/mol. The van der Waals surface area contributed by atoms with Gasteiger partial charge in [-0.25, -0.2) is 13.2 Å². The molecule has 0 fully saturated rings. The minimum atomic E-state index is -3.70. The first-order chi connectivity index (χ1) is 13.5. The maximum atomic E-state index is 12.5. The highest BCUT2D eigenvalue weighted by Crippen LogP contribution is 2.26. The highest BCUT2D eigenvalue weighted by molar-refractivity contribution is 7.92. The maximum absolute atomic E-state index is 12.5. The molecule has 9 heteroatoms. The zero-order chi connectivity index (χ0) is 21.8. The predicted molar refractivity (Wildman–Crippen MR) is 114 cm³/mol. The molecule has 0 saturated heterocycles. The van der Waals surface area contributed by atoms with Crippen molar-refractivity contribution >= 4 is 44.9 Å². The minimum absolute atomic E-state index is 0.140. The van der Waals surface area contributed by atoms with Crippen molar-refractivity contribution in [3.8, 4) is 0 Å². The molecule has 2 aromatic rings. The van der Waals surface area contributed by atoms with E-state index in [-0.39, 0.29) is 22.9 Å². The maximum Gasteiger partial charge on any atom is 0.338 e. The van der Waals surface area contributed by atoms with E-state index in [0.29, 0.717) is 5.69 Å². The third-order valence-electron chi connectivity index (χ3n) is 4.06. The molecule has 1 amide bonds. The van der Waals surface area contributed by atoms with Crippen molar-refractivity contribution in [2.24, 2.45) is 0 Å². The molecular formula is C20H23ClN2O5S. The van der Waals surface area contributed by atoms with Gasteiger partial charge >= 0.3 is 5.97 Å². The molecule has 0 heterocycles. The van der Waals surface area contributed by atoms with Gasteiger partial charge in [-0.15, -0.1) is 0 Å². The zero-order valence-electron chi connectivity index (χ0n) is 16.7. The Labute approximate surface area is 175 Å². The summed E-state index contributed by atoms with van der Waals surface area (Å²) >= 11 is 6.15.